The molecule has 6 nitrogen and oxygen atoms in total. The van der Waals surface area contributed by atoms with Gasteiger partial charge < -0.3 is 15.4 Å². The van der Waals surface area contributed by atoms with Crippen LogP contribution in [0.4, 0.5) is 16.5 Å². The molecule has 0 spiro atoms. The summed E-state index contributed by atoms with van der Waals surface area (Å²) in [7, 11) is 0. The molecule has 1 amide bonds. The van der Waals surface area contributed by atoms with Crippen molar-refractivity contribution in [3.8, 4) is 5.75 Å². The Morgan fingerprint density at radius 2 is 1.70 bits per heavy atom. The van der Waals surface area contributed by atoms with Crippen molar-refractivity contribution in [2.75, 3.05) is 17.2 Å². The number of hydrogen-bond acceptors (Lipinski definition) is 6. The van der Waals surface area contributed by atoms with Gasteiger partial charge in [-0.05, 0) is 62.4 Å². The second-order valence-corrected chi connectivity index (χ2v) is 6.57. The molecule has 0 aliphatic rings. The first-order valence-electron chi connectivity index (χ1n) is 8.43. The molecule has 0 radical (unpaired) electrons. The Balaban J connectivity index is 1.62. The molecule has 0 atom stereocenters. The third kappa shape index (κ3) is 4.92. The van der Waals surface area contributed by atoms with Gasteiger partial charge in [-0.3, -0.25) is 9.59 Å². The lowest BCUT2D eigenvalue weighted by atomic mass is 10.1. The summed E-state index contributed by atoms with van der Waals surface area (Å²) in [5.74, 6) is 0.483. The molecule has 27 heavy (non-hydrogen) atoms. The molecule has 0 fully saturated rings. The number of amides is 1. The summed E-state index contributed by atoms with van der Waals surface area (Å²) in [5, 5.41) is 8.25. The lowest BCUT2D eigenvalue weighted by molar-refractivity contribution is 0.101. The number of aromatic nitrogens is 1. The highest BCUT2D eigenvalue weighted by Gasteiger charge is 2.11. The third-order valence-corrected chi connectivity index (χ3v) is 4.46. The summed E-state index contributed by atoms with van der Waals surface area (Å²) < 4.78 is 5.41. The molecule has 2 N–H and O–H groups in total. The van der Waals surface area contributed by atoms with Gasteiger partial charge in [0.05, 0.1) is 6.61 Å². The zero-order valence-electron chi connectivity index (χ0n) is 15.0. The summed E-state index contributed by atoms with van der Waals surface area (Å²) in [4.78, 5) is 27.9. The number of nitrogens with zero attached hydrogens (tertiary/aromatic N) is 1. The van der Waals surface area contributed by atoms with Gasteiger partial charge in [0.1, 0.15) is 11.4 Å². The van der Waals surface area contributed by atoms with Gasteiger partial charge in [0.15, 0.2) is 10.9 Å². The second-order valence-electron chi connectivity index (χ2n) is 5.71. The number of hydrogen-bond donors (Lipinski definition) is 2. The smallest absolute Gasteiger partial charge is 0.275 e. The molecule has 0 aliphatic carbocycles. The van der Waals surface area contributed by atoms with Crippen LogP contribution in [-0.4, -0.2) is 23.3 Å². The van der Waals surface area contributed by atoms with Crippen LogP contribution in [0.25, 0.3) is 0 Å². The number of anilines is 3. The van der Waals surface area contributed by atoms with Crippen LogP contribution in [0, 0.1) is 0 Å². The van der Waals surface area contributed by atoms with Gasteiger partial charge in [-0.2, -0.15) is 0 Å². The zero-order valence-corrected chi connectivity index (χ0v) is 15.8. The Morgan fingerprint density at radius 1 is 1.04 bits per heavy atom. The Bertz CT molecular complexity index is 934. The molecule has 0 saturated carbocycles. The molecule has 0 saturated heterocycles. The van der Waals surface area contributed by atoms with Gasteiger partial charge in [0, 0.05) is 22.3 Å². The first-order valence-corrected chi connectivity index (χ1v) is 9.31. The minimum absolute atomic E-state index is 0.0163. The van der Waals surface area contributed by atoms with Crippen molar-refractivity contribution in [1.82, 2.24) is 4.98 Å². The maximum absolute atomic E-state index is 12.3. The monoisotopic (exact) mass is 381 g/mol. The van der Waals surface area contributed by atoms with E-state index in [9.17, 15) is 9.59 Å². The lowest BCUT2D eigenvalue weighted by Gasteiger charge is -2.05. The normalized spacial score (nSPS) is 10.3. The number of Topliss-reactive ketones (excluding diaryl/α,β-unsaturated/α-hetero) is 1. The first kappa shape index (κ1) is 18.6. The molecule has 3 rings (SSSR count). The van der Waals surface area contributed by atoms with Crippen LogP contribution in [0.1, 0.15) is 34.7 Å². The Kier molecular flexibility index (Phi) is 5.83. The number of carbonyl (C=O) groups excluding carboxylic acids is 2. The fourth-order valence-corrected chi connectivity index (χ4v) is 3.05. The molecular formula is C20H19N3O3S. The van der Waals surface area contributed by atoms with E-state index in [-0.39, 0.29) is 11.7 Å². The van der Waals surface area contributed by atoms with Crippen molar-refractivity contribution in [2.24, 2.45) is 0 Å². The molecule has 3 aromatic rings. The van der Waals surface area contributed by atoms with Crippen LogP contribution in [-0.2, 0) is 0 Å². The van der Waals surface area contributed by atoms with E-state index in [1.54, 1.807) is 29.6 Å². The van der Waals surface area contributed by atoms with Crippen molar-refractivity contribution in [1.29, 1.82) is 0 Å². The number of rotatable bonds is 7. The average molecular weight is 381 g/mol. The van der Waals surface area contributed by atoms with Crippen LogP contribution in [0.15, 0.2) is 53.9 Å². The van der Waals surface area contributed by atoms with Gasteiger partial charge in [0.2, 0.25) is 0 Å². The molecule has 0 unspecified atom stereocenters. The topological polar surface area (TPSA) is 80.3 Å². The molecule has 0 aliphatic heterocycles. The van der Waals surface area contributed by atoms with E-state index < -0.39 is 0 Å². The lowest BCUT2D eigenvalue weighted by Crippen LogP contribution is -2.12. The number of thiazole rings is 1. The van der Waals surface area contributed by atoms with Crippen LogP contribution in [0.2, 0.25) is 0 Å². The van der Waals surface area contributed by atoms with Crippen LogP contribution in [0.3, 0.4) is 0 Å². The SMILES string of the molecule is CCOc1ccc(Nc2nc(C(=O)Nc3ccc(C(C)=O)cc3)cs2)cc1. The van der Waals surface area contributed by atoms with E-state index in [2.05, 4.69) is 15.6 Å². The van der Waals surface area contributed by atoms with Gasteiger partial charge >= 0.3 is 0 Å². The molecule has 1 heterocycles. The Labute approximate surface area is 161 Å². The third-order valence-electron chi connectivity index (χ3n) is 3.70. The van der Waals surface area contributed by atoms with E-state index in [4.69, 9.17) is 4.74 Å². The Hall–Kier alpha value is -3.19. The minimum atomic E-state index is -0.304. The van der Waals surface area contributed by atoms with E-state index in [0.717, 1.165) is 11.4 Å². The second kappa shape index (κ2) is 8.46. The predicted molar refractivity (Wildman–Crippen MR) is 107 cm³/mol. The van der Waals surface area contributed by atoms with E-state index in [1.165, 1.54) is 18.3 Å². The van der Waals surface area contributed by atoms with E-state index in [0.29, 0.717) is 28.7 Å². The van der Waals surface area contributed by atoms with Gasteiger partial charge in [-0.25, -0.2) is 4.98 Å². The number of ether oxygens (including phenoxy) is 1. The minimum Gasteiger partial charge on any atom is -0.494 e. The van der Waals surface area contributed by atoms with Crippen molar-refractivity contribution in [3.05, 3.63) is 65.2 Å². The van der Waals surface area contributed by atoms with Crippen molar-refractivity contribution >= 4 is 39.5 Å². The first-order chi connectivity index (χ1) is 13.0. The van der Waals surface area contributed by atoms with E-state index in [1.807, 2.05) is 31.2 Å². The highest BCUT2D eigenvalue weighted by molar-refractivity contribution is 7.14. The highest BCUT2D eigenvalue weighted by Crippen LogP contribution is 2.23. The molecule has 0 bridgehead atoms. The number of nitrogens with one attached hydrogen (secondary N) is 2. The molecular weight excluding hydrogens is 362 g/mol. The van der Waals surface area contributed by atoms with Crippen LogP contribution >= 0.6 is 11.3 Å². The van der Waals surface area contributed by atoms with Crippen LogP contribution < -0.4 is 15.4 Å². The number of carbonyl (C=O) groups is 2. The quantitative estimate of drug-likeness (QED) is 0.578. The summed E-state index contributed by atoms with van der Waals surface area (Å²) in [6.45, 7) is 4.06. The standard InChI is InChI=1S/C20H19N3O3S/c1-3-26-17-10-8-16(9-11-17)22-20-23-18(12-27-20)19(25)21-15-6-4-14(5-7-15)13(2)24/h4-12H,3H2,1-2H3,(H,21,25)(H,22,23). The van der Waals surface area contributed by atoms with Gasteiger partial charge in [0.25, 0.3) is 5.91 Å². The zero-order chi connectivity index (χ0) is 19.2. The Morgan fingerprint density at radius 3 is 2.33 bits per heavy atom. The summed E-state index contributed by atoms with van der Waals surface area (Å²) in [6.07, 6.45) is 0. The van der Waals surface area contributed by atoms with Crippen molar-refractivity contribution in [3.63, 3.8) is 0 Å². The molecule has 7 heteroatoms. The predicted octanol–water partition coefficient (Wildman–Crippen LogP) is 4.74. The van der Waals surface area contributed by atoms with Crippen LogP contribution in [0.5, 0.6) is 5.75 Å². The van der Waals surface area contributed by atoms with E-state index >= 15 is 0 Å². The van der Waals surface area contributed by atoms with Crippen molar-refractivity contribution < 1.29 is 14.3 Å². The maximum Gasteiger partial charge on any atom is 0.275 e. The summed E-state index contributed by atoms with van der Waals surface area (Å²) in [6, 6.07) is 14.3. The highest BCUT2D eigenvalue weighted by atomic mass is 32.1. The summed E-state index contributed by atoms with van der Waals surface area (Å²) >= 11 is 1.35. The fourth-order valence-electron chi connectivity index (χ4n) is 2.34. The molecule has 1 aromatic heterocycles. The molecule has 138 valence electrons. The summed E-state index contributed by atoms with van der Waals surface area (Å²) in [5.41, 5.74) is 2.39. The fraction of sp³-hybridized carbons (Fsp3) is 0.150. The largest absolute Gasteiger partial charge is 0.494 e. The number of ketones is 1. The maximum atomic E-state index is 12.3. The van der Waals surface area contributed by atoms with Gasteiger partial charge in [-0.1, -0.05) is 0 Å². The van der Waals surface area contributed by atoms with Gasteiger partial charge in [-0.15, -0.1) is 11.3 Å². The molecule has 2 aromatic carbocycles. The average Bonchev–Trinajstić information content (AvgIpc) is 3.13. The number of benzene rings is 2. The van der Waals surface area contributed by atoms with Crippen molar-refractivity contribution in [2.45, 2.75) is 13.8 Å².